The van der Waals surface area contributed by atoms with E-state index < -0.39 is 12.0 Å². The molecule has 0 radical (unpaired) electrons. The molecule has 3 aromatic carbocycles. The van der Waals surface area contributed by atoms with Gasteiger partial charge in [0.25, 0.3) is 0 Å². The number of para-hydroxylation sites is 1. The largest absolute Gasteiger partial charge is 0.462 e. The predicted octanol–water partition coefficient (Wildman–Crippen LogP) is 6.45. The number of benzene rings is 3. The molecule has 0 spiro atoms. The molecule has 2 aromatic heterocycles. The van der Waals surface area contributed by atoms with Crippen molar-refractivity contribution in [3.8, 4) is 0 Å². The minimum atomic E-state index is -0.866. The quantitative estimate of drug-likeness (QED) is 0.126. The van der Waals surface area contributed by atoms with Crippen LogP contribution in [0.15, 0.2) is 101 Å². The van der Waals surface area contributed by atoms with Gasteiger partial charge in [-0.15, -0.1) is 0 Å². The molecule has 5 aromatic rings. The fourth-order valence-corrected chi connectivity index (χ4v) is 7.26. The maximum Gasteiger partial charge on any atom is 0.340 e. The number of hydrogen-bond acceptors (Lipinski definition) is 7. The number of nitrogens with zero attached hydrogens (tertiary/aromatic N) is 4. The zero-order valence-corrected chi connectivity index (χ0v) is 27.8. The lowest BCUT2D eigenvalue weighted by Gasteiger charge is -2.41. The second-order valence-electron chi connectivity index (χ2n) is 11.6. The molecule has 0 unspecified atom stereocenters. The van der Waals surface area contributed by atoms with E-state index in [1.807, 2.05) is 24.3 Å². The lowest BCUT2D eigenvalue weighted by Crippen LogP contribution is -2.54. The number of pyridine rings is 1. The minimum Gasteiger partial charge on any atom is -0.462 e. The van der Waals surface area contributed by atoms with Crippen LogP contribution < -0.4 is 4.90 Å². The number of esters is 1. The smallest absolute Gasteiger partial charge is 0.340 e. The van der Waals surface area contributed by atoms with Crippen molar-refractivity contribution in [3.05, 3.63) is 119 Å². The van der Waals surface area contributed by atoms with Crippen LogP contribution in [0.5, 0.6) is 0 Å². The summed E-state index contributed by atoms with van der Waals surface area (Å²) >= 11 is 1.22. The van der Waals surface area contributed by atoms with Gasteiger partial charge in [0.15, 0.2) is 0 Å². The van der Waals surface area contributed by atoms with Crippen LogP contribution in [0.3, 0.4) is 0 Å². The molecule has 252 valence electrons. The van der Waals surface area contributed by atoms with Crippen molar-refractivity contribution < 1.29 is 27.9 Å². The first-order valence-corrected chi connectivity index (χ1v) is 16.8. The van der Waals surface area contributed by atoms with Crippen LogP contribution in [0.25, 0.3) is 10.9 Å². The van der Waals surface area contributed by atoms with E-state index in [2.05, 4.69) is 14.9 Å². The van der Waals surface area contributed by atoms with Gasteiger partial charge in [0.05, 0.1) is 23.1 Å². The zero-order valence-electron chi connectivity index (χ0n) is 27.0. The summed E-state index contributed by atoms with van der Waals surface area (Å²) in [6.07, 6.45) is 2.22. The molecule has 1 N–H and O–H groups in total. The topological polar surface area (TPSA) is 98.8 Å². The molecule has 1 atom stereocenters. The van der Waals surface area contributed by atoms with Crippen molar-refractivity contribution >= 4 is 46.8 Å². The summed E-state index contributed by atoms with van der Waals surface area (Å²) in [6, 6.07) is 22.2. The molecule has 9 nitrogen and oxygen atoms in total. The average molecular weight is 684 g/mol. The Kier molecular flexibility index (Phi) is 10.4. The van der Waals surface area contributed by atoms with Crippen LogP contribution >= 0.6 is 11.8 Å². The van der Waals surface area contributed by atoms with Gasteiger partial charge in [-0.1, -0.05) is 54.2 Å². The SMILES string of the molecule is CCOC(=O)c1cccnc1Sc1c(N(C=O)[C@H](C)C(=O)N2CCN(C(c3ccc(F)cc3)c3ccc(F)cc3)CC2)[nH]c2ccccc12. The summed E-state index contributed by atoms with van der Waals surface area (Å²) < 4.78 is 32.8. The Morgan fingerprint density at radius 3 is 2.18 bits per heavy atom. The van der Waals surface area contributed by atoms with E-state index in [1.54, 1.807) is 61.3 Å². The van der Waals surface area contributed by atoms with Crippen LogP contribution in [-0.2, 0) is 14.3 Å². The molecule has 1 fully saturated rings. The Bertz CT molecular complexity index is 1900. The van der Waals surface area contributed by atoms with Crippen LogP contribution in [0.1, 0.15) is 41.4 Å². The maximum atomic E-state index is 14.0. The van der Waals surface area contributed by atoms with E-state index in [0.717, 1.165) is 22.0 Å². The molecule has 6 rings (SSSR count). The standard InChI is InChI=1S/C37H35F2N5O4S/c1-3-48-37(47)30-8-6-18-40-35(30)49-33-29-7-4-5-9-31(29)41-34(33)44(23-45)24(2)36(46)43-21-19-42(20-22-43)32(25-10-14-27(38)15-11-25)26-12-16-28(39)17-13-26/h4-18,23-24,32,41H,3,19-22H2,1-2H3/t24-/m1/s1. The van der Waals surface area contributed by atoms with E-state index >= 15 is 0 Å². The number of fused-ring (bicyclic) bond motifs is 1. The summed E-state index contributed by atoms with van der Waals surface area (Å²) in [7, 11) is 0. The van der Waals surface area contributed by atoms with Gasteiger partial charge >= 0.3 is 5.97 Å². The number of carbonyl (C=O) groups excluding carboxylic acids is 3. The molecule has 0 bridgehead atoms. The number of piperazine rings is 1. The Morgan fingerprint density at radius 1 is 0.939 bits per heavy atom. The first-order chi connectivity index (χ1) is 23.8. The highest BCUT2D eigenvalue weighted by Gasteiger charge is 2.34. The van der Waals surface area contributed by atoms with Gasteiger partial charge in [0.2, 0.25) is 12.3 Å². The monoisotopic (exact) mass is 683 g/mol. The second-order valence-corrected chi connectivity index (χ2v) is 12.6. The number of hydrogen-bond donors (Lipinski definition) is 1. The number of amides is 2. The summed E-state index contributed by atoms with van der Waals surface area (Å²) in [6.45, 7) is 5.41. The molecule has 3 heterocycles. The number of nitrogens with one attached hydrogen (secondary N) is 1. The summed E-state index contributed by atoms with van der Waals surface area (Å²) in [4.78, 5) is 53.2. The molecule has 12 heteroatoms. The molecule has 1 aliphatic heterocycles. The van der Waals surface area contributed by atoms with Gasteiger partial charge in [0.1, 0.15) is 28.5 Å². The fourth-order valence-electron chi connectivity index (χ4n) is 6.15. The number of anilines is 1. The molecular formula is C37H35F2N5O4S. The lowest BCUT2D eigenvalue weighted by atomic mass is 9.96. The molecule has 0 aliphatic carbocycles. The number of aromatic amines is 1. The Balaban J connectivity index is 1.23. The van der Waals surface area contributed by atoms with Gasteiger partial charge < -0.3 is 14.6 Å². The Hall–Kier alpha value is -5.07. The second kappa shape index (κ2) is 15.0. The molecular weight excluding hydrogens is 649 g/mol. The number of aromatic nitrogens is 2. The van der Waals surface area contributed by atoms with Crippen molar-refractivity contribution in [3.63, 3.8) is 0 Å². The van der Waals surface area contributed by atoms with Gasteiger partial charge in [-0.25, -0.2) is 18.6 Å². The van der Waals surface area contributed by atoms with Crippen LogP contribution in [0.2, 0.25) is 0 Å². The van der Waals surface area contributed by atoms with Gasteiger partial charge in [0, 0.05) is 43.3 Å². The third kappa shape index (κ3) is 7.20. The van der Waals surface area contributed by atoms with E-state index in [0.29, 0.717) is 53.9 Å². The first kappa shape index (κ1) is 33.8. The number of carbonyl (C=O) groups is 3. The van der Waals surface area contributed by atoms with E-state index in [4.69, 9.17) is 4.74 Å². The zero-order chi connectivity index (χ0) is 34.5. The van der Waals surface area contributed by atoms with Crippen molar-refractivity contribution in [1.29, 1.82) is 0 Å². The third-order valence-electron chi connectivity index (χ3n) is 8.61. The highest BCUT2D eigenvalue weighted by molar-refractivity contribution is 7.99. The Morgan fingerprint density at radius 2 is 1.57 bits per heavy atom. The van der Waals surface area contributed by atoms with Crippen LogP contribution in [-0.4, -0.2) is 76.9 Å². The summed E-state index contributed by atoms with van der Waals surface area (Å²) in [5.74, 6) is -1.01. The summed E-state index contributed by atoms with van der Waals surface area (Å²) in [5, 5.41) is 1.21. The Labute approximate surface area is 286 Å². The number of halogens is 2. The van der Waals surface area contributed by atoms with E-state index in [-0.39, 0.29) is 30.2 Å². The molecule has 49 heavy (non-hydrogen) atoms. The van der Waals surface area contributed by atoms with E-state index in [9.17, 15) is 23.2 Å². The fraction of sp³-hybridized carbons (Fsp3) is 0.243. The number of ether oxygens (including phenoxy) is 1. The first-order valence-electron chi connectivity index (χ1n) is 16.0. The van der Waals surface area contributed by atoms with Gasteiger partial charge in [-0.2, -0.15) is 0 Å². The predicted molar refractivity (Wildman–Crippen MR) is 183 cm³/mol. The van der Waals surface area contributed by atoms with Crippen molar-refractivity contribution in [2.45, 2.75) is 35.9 Å². The van der Waals surface area contributed by atoms with Crippen LogP contribution in [0.4, 0.5) is 14.6 Å². The van der Waals surface area contributed by atoms with Crippen molar-refractivity contribution in [2.75, 3.05) is 37.7 Å². The van der Waals surface area contributed by atoms with E-state index in [1.165, 1.54) is 40.9 Å². The minimum absolute atomic E-state index is 0.210. The lowest BCUT2D eigenvalue weighted by molar-refractivity contribution is -0.135. The highest BCUT2D eigenvalue weighted by atomic mass is 32.2. The maximum absolute atomic E-state index is 14.0. The number of rotatable bonds is 11. The van der Waals surface area contributed by atoms with Gasteiger partial charge in [-0.05, 0) is 67.4 Å². The number of H-pyrrole nitrogens is 1. The van der Waals surface area contributed by atoms with Crippen molar-refractivity contribution in [1.82, 2.24) is 19.8 Å². The average Bonchev–Trinajstić information content (AvgIpc) is 3.48. The molecule has 0 saturated carbocycles. The van der Waals surface area contributed by atoms with Crippen LogP contribution in [0, 0.1) is 11.6 Å². The summed E-state index contributed by atoms with van der Waals surface area (Å²) in [5.41, 5.74) is 2.76. The van der Waals surface area contributed by atoms with Gasteiger partial charge in [-0.3, -0.25) is 19.4 Å². The molecule has 1 aliphatic rings. The molecule has 2 amide bonds. The normalized spacial score (nSPS) is 14.2. The highest BCUT2D eigenvalue weighted by Crippen LogP contribution is 2.42. The van der Waals surface area contributed by atoms with Crippen molar-refractivity contribution in [2.24, 2.45) is 0 Å². The third-order valence-corrected chi connectivity index (χ3v) is 9.75. The molecule has 1 saturated heterocycles.